The van der Waals surface area contributed by atoms with Crippen LogP contribution < -0.4 is 5.32 Å². The van der Waals surface area contributed by atoms with E-state index in [4.69, 9.17) is 11.6 Å². The fourth-order valence-corrected chi connectivity index (χ4v) is 3.23. The molecular formula is C13H15ClFN. The highest BCUT2D eigenvalue weighted by atomic mass is 35.5. The molecule has 3 fully saturated rings. The highest BCUT2D eigenvalue weighted by molar-refractivity contribution is 6.30. The van der Waals surface area contributed by atoms with Gasteiger partial charge in [-0.05, 0) is 38.2 Å². The van der Waals surface area contributed by atoms with E-state index in [0.29, 0.717) is 11.1 Å². The van der Waals surface area contributed by atoms with Crippen LogP contribution in [0.25, 0.3) is 0 Å². The molecule has 1 N–H and O–H groups in total. The number of hydrogen-bond acceptors (Lipinski definition) is 1. The molecular weight excluding hydrogens is 225 g/mol. The van der Waals surface area contributed by atoms with Crippen LogP contribution in [0.4, 0.5) is 4.39 Å². The van der Waals surface area contributed by atoms with Crippen LogP contribution in [-0.4, -0.2) is 5.54 Å². The zero-order valence-corrected chi connectivity index (χ0v) is 10.0. The summed E-state index contributed by atoms with van der Waals surface area (Å²) in [4.78, 5) is 0. The molecule has 0 radical (unpaired) electrons. The zero-order valence-electron chi connectivity index (χ0n) is 9.26. The molecule has 1 aromatic carbocycles. The second-order valence-corrected chi connectivity index (χ2v) is 5.67. The van der Waals surface area contributed by atoms with Crippen molar-refractivity contribution < 1.29 is 4.39 Å². The molecule has 1 atom stereocenters. The fourth-order valence-electron chi connectivity index (χ4n) is 3.05. The summed E-state index contributed by atoms with van der Waals surface area (Å²) in [6.45, 7) is 2.01. The molecule has 0 aromatic heterocycles. The van der Waals surface area contributed by atoms with Crippen LogP contribution in [-0.2, 0) is 0 Å². The van der Waals surface area contributed by atoms with Crippen LogP contribution in [0.5, 0.6) is 0 Å². The van der Waals surface area contributed by atoms with Crippen LogP contribution in [0, 0.1) is 11.7 Å². The summed E-state index contributed by atoms with van der Waals surface area (Å²) in [5, 5.41) is 3.76. The van der Waals surface area contributed by atoms with E-state index >= 15 is 0 Å². The van der Waals surface area contributed by atoms with E-state index < -0.39 is 0 Å². The average Bonchev–Trinajstić information content (AvgIpc) is 2.13. The van der Waals surface area contributed by atoms with Gasteiger partial charge in [-0.3, -0.25) is 0 Å². The molecule has 3 aliphatic rings. The molecule has 1 aromatic rings. The van der Waals surface area contributed by atoms with E-state index in [0.717, 1.165) is 5.92 Å². The summed E-state index contributed by atoms with van der Waals surface area (Å²) in [5.74, 6) is 0.652. The summed E-state index contributed by atoms with van der Waals surface area (Å²) in [6, 6.07) is 5.25. The molecule has 0 heterocycles. The predicted octanol–water partition coefficient (Wildman–Crippen LogP) is 3.68. The van der Waals surface area contributed by atoms with Crippen molar-refractivity contribution in [2.24, 2.45) is 5.92 Å². The highest BCUT2D eigenvalue weighted by Gasteiger charge is 2.56. The normalized spacial score (nSPS) is 32.8. The molecule has 3 heteroatoms. The molecule has 16 heavy (non-hydrogen) atoms. The molecule has 4 rings (SSSR count). The summed E-state index contributed by atoms with van der Waals surface area (Å²) >= 11 is 5.78. The highest BCUT2D eigenvalue weighted by Crippen LogP contribution is 2.57. The first-order valence-electron chi connectivity index (χ1n) is 5.81. The van der Waals surface area contributed by atoms with Crippen molar-refractivity contribution in [2.45, 2.75) is 37.8 Å². The van der Waals surface area contributed by atoms with Gasteiger partial charge in [-0.15, -0.1) is 0 Å². The van der Waals surface area contributed by atoms with Gasteiger partial charge >= 0.3 is 0 Å². The van der Waals surface area contributed by atoms with E-state index in [-0.39, 0.29) is 16.9 Å². The fraction of sp³-hybridized carbons (Fsp3) is 0.538. The van der Waals surface area contributed by atoms with Gasteiger partial charge in [0.05, 0.1) is 5.02 Å². The van der Waals surface area contributed by atoms with E-state index in [1.54, 1.807) is 12.1 Å². The summed E-state index contributed by atoms with van der Waals surface area (Å²) in [6.07, 6.45) is 3.79. The Morgan fingerprint density at radius 1 is 1.44 bits per heavy atom. The van der Waals surface area contributed by atoms with Crippen molar-refractivity contribution >= 4 is 11.6 Å². The Morgan fingerprint density at radius 3 is 2.69 bits per heavy atom. The topological polar surface area (TPSA) is 12.0 Å². The van der Waals surface area contributed by atoms with E-state index in [1.165, 1.54) is 19.3 Å². The molecule has 3 saturated carbocycles. The number of hydrogen-bond donors (Lipinski definition) is 1. The number of halogens is 2. The number of rotatable bonds is 3. The van der Waals surface area contributed by atoms with Crippen LogP contribution in [0.2, 0.25) is 5.02 Å². The Kier molecular flexibility index (Phi) is 2.27. The molecule has 0 aliphatic heterocycles. The van der Waals surface area contributed by atoms with Crippen LogP contribution in [0.15, 0.2) is 18.2 Å². The molecule has 0 amide bonds. The van der Waals surface area contributed by atoms with Crippen molar-refractivity contribution in [3.63, 3.8) is 0 Å². The van der Waals surface area contributed by atoms with E-state index in [2.05, 4.69) is 5.32 Å². The van der Waals surface area contributed by atoms with Crippen LogP contribution >= 0.6 is 11.6 Å². The summed E-state index contributed by atoms with van der Waals surface area (Å²) in [7, 11) is 0. The third kappa shape index (κ3) is 1.47. The van der Waals surface area contributed by atoms with Crippen molar-refractivity contribution in [3.05, 3.63) is 34.6 Å². The molecule has 3 aliphatic carbocycles. The third-order valence-electron chi connectivity index (χ3n) is 4.01. The van der Waals surface area contributed by atoms with Crippen molar-refractivity contribution in [2.75, 3.05) is 0 Å². The number of nitrogens with one attached hydrogen (secondary N) is 1. The van der Waals surface area contributed by atoms with Gasteiger partial charge in [-0.2, -0.15) is 0 Å². The Labute approximate surface area is 100.0 Å². The lowest BCUT2D eigenvalue weighted by Gasteiger charge is -2.63. The Hall–Kier alpha value is -0.600. The first-order valence-corrected chi connectivity index (χ1v) is 6.19. The second kappa shape index (κ2) is 3.44. The van der Waals surface area contributed by atoms with Crippen molar-refractivity contribution in [1.82, 2.24) is 5.32 Å². The molecule has 1 nitrogen and oxygen atoms in total. The molecule has 1 unspecified atom stereocenters. The van der Waals surface area contributed by atoms with Crippen LogP contribution in [0.1, 0.15) is 37.8 Å². The van der Waals surface area contributed by atoms with Gasteiger partial charge in [0.2, 0.25) is 0 Å². The smallest absolute Gasteiger partial charge is 0.146 e. The minimum absolute atomic E-state index is 0.0416. The predicted molar refractivity (Wildman–Crippen MR) is 63.0 cm³/mol. The zero-order chi connectivity index (χ0) is 11.3. The van der Waals surface area contributed by atoms with Gasteiger partial charge in [0, 0.05) is 17.1 Å². The lowest BCUT2D eigenvalue weighted by molar-refractivity contribution is -0.0580. The van der Waals surface area contributed by atoms with Gasteiger partial charge in [0.25, 0.3) is 0 Å². The minimum Gasteiger partial charge on any atom is -0.305 e. The summed E-state index contributed by atoms with van der Waals surface area (Å²) in [5.41, 5.74) is 0.996. The Morgan fingerprint density at radius 2 is 2.12 bits per heavy atom. The van der Waals surface area contributed by atoms with Gasteiger partial charge in [-0.25, -0.2) is 4.39 Å². The maximum Gasteiger partial charge on any atom is 0.146 e. The second-order valence-electron chi connectivity index (χ2n) is 5.27. The Bertz CT molecular complexity index is 415. The quantitative estimate of drug-likeness (QED) is 0.849. The van der Waals surface area contributed by atoms with E-state index in [9.17, 15) is 4.39 Å². The molecule has 0 spiro atoms. The summed E-state index contributed by atoms with van der Waals surface area (Å²) < 4.78 is 13.8. The van der Waals surface area contributed by atoms with Gasteiger partial charge in [0.1, 0.15) is 5.82 Å². The molecule has 2 bridgehead atoms. The van der Waals surface area contributed by atoms with Crippen molar-refractivity contribution in [3.8, 4) is 0 Å². The van der Waals surface area contributed by atoms with Gasteiger partial charge in [-0.1, -0.05) is 23.7 Å². The first-order chi connectivity index (χ1) is 7.60. The van der Waals surface area contributed by atoms with Crippen molar-refractivity contribution in [1.29, 1.82) is 0 Å². The van der Waals surface area contributed by atoms with Gasteiger partial charge < -0.3 is 5.32 Å². The SMILES string of the molecule is CC(NC12CC(C1)C2)c1cccc(Cl)c1F. The lowest BCUT2D eigenvalue weighted by atomic mass is 9.49. The lowest BCUT2D eigenvalue weighted by Crippen LogP contribution is -2.67. The van der Waals surface area contributed by atoms with Crippen LogP contribution in [0.3, 0.4) is 0 Å². The maximum absolute atomic E-state index is 13.8. The van der Waals surface area contributed by atoms with E-state index in [1.807, 2.05) is 13.0 Å². The monoisotopic (exact) mass is 239 g/mol. The standard InChI is InChI=1S/C13H15ClFN/c1-8(16-13-5-9(6-13)7-13)10-3-2-4-11(14)12(10)15/h2-4,8-9,16H,5-7H2,1H3. The molecule has 86 valence electrons. The first kappa shape index (κ1) is 10.5. The average molecular weight is 240 g/mol. The van der Waals surface area contributed by atoms with Gasteiger partial charge in [0.15, 0.2) is 0 Å². The minimum atomic E-state index is -0.282. The largest absolute Gasteiger partial charge is 0.305 e. The third-order valence-corrected chi connectivity index (χ3v) is 4.30. The maximum atomic E-state index is 13.8. The Balaban J connectivity index is 1.78. The molecule has 0 saturated heterocycles. The number of benzene rings is 1.